The highest BCUT2D eigenvalue weighted by atomic mass is 16.5. The molecule has 0 bridgehead atoms. The van der Waals surface area contributed by atoms with Crippen LogP contribution in [0.1, 0.15) is 40.5 Å². The molecule has 0 radical (unpaired) electrons. The lowest BCUT2D eigenvalue weighted by molar-refractivity contribution is -0.157. The standard InChI is InChI=1S/C13H22N2O3/c1-8-12(17)15(9(2)11(16)14-8)10-5-6-18-13(3,4)7-10/h8-10H,5-7H2,1-4H3,(H,14,16). The zero-order valence-corrected chi connectivity index (χ0v) is 11.5. The van der Waals surface area contributed by atoms with E-state index in [0.29, 0.717) is 6.61 Å². The molecule has 5 nitrogen and oxygen atoms in total. The Hall–Kier alpha value is -1.10. The molecule has 0 saturated carbocycles. The van der Waals surface area contributed by atoms with E-state index in [2.05, 4.69) is 5.32 Å². The zero-order chi connectivity index (χ0) is 13.5. The first-order chi connectivity index (χ1) is 8.32. The number of amides is 2. The molecule has 2 aliphatic heterocycles. The summed E-state index contributed by atoms with van der Waals surface area (Å²) < 4.78 is 5.67. The van der Waals surface area contributed by atoms with Crippen LogP contribution in [0, 0.1) is 0 Å². The second-order valence-electron chi connectivity index (χ2n) is 5.91. The molecule has 2 fully saturated rings. The molecule has 102 valence electrons. The van der Waals surface area contributed by atoms with Gasteiger partial charge in [-0.3, -0.25) is 9.59 Å². The fraction of sp³-hybridized carbons (Fsp3) is 0.846. The van der Waals surface area contributed by atoms with Gasteiger partial charge in [-0.25, -0.2) is 0 Å². The number of hydrogen-bond acceptors (Lipinski definition) is 3. The highest BCUT2D eigenvalue weighted by molar-refractivity contribution is 5.96. The summed E-state index contributed by atoms with van der Waals surface area (Å²) in [4.78, 5) is 25.8. The number of carbonyl (C=O) groups excluding carboxylic acids is 2. The molecule has 2 amide bonds. The lowest BCUT2D eigenvalue weighted by atomic mass is 9.90. The van der Waals surface area contributed by atoms with Crippen LogP contribution in [0.4, 0.5) is 0 Å². The number of rotatable bonds is 1. The minimum Gasteiger partial charge on any atom is -0.375 e. The van der Waals surface area contributed by atoms with Crippen LogP contribution in [-0.4, -0.2) is 47.0 Å². The molecule has 0 aromatic rings. The monoisotopic (exact) mass is 254 g/mol. The van der Waals surface area contributed by atoms with Gasteiger partial charge in [0.05, 0.1) is 5.60 Å². The molecule has 2 aliphatic rings. The second-order valence-corrected chi connectivity index (χ2v) is 5.91. The Bertz CT molecular complexity index is 367. The van der Waals surface area contributed by atoms with Gasteiger partial charge in [0.1, 0.15) is 12.1 Å². The van der Waals surface area contributed by atoms with Crippen molar-refractivity contribution in [2.24, 2.45) is 0 Å². The van der Waals surface area contributed by atoms with Crippen LogP contribution < -0.4 is 5.32 Å². The average Bonchev–Trinajstić information content (AvgIpc) is 2.25. The van der Waals surface area contributed by atoms with Gasteiger partial charge in [0.2, 0.25) is 11.8 Å². The molecule has 0 aromatic carbocycles. The van der Waals surface area contributed by atoms with Crippen molar-refractivity contribution in [3.05, 3.63) is 0 Å². The predicted molar refractivity (Wildman–Crippen MR) is 67.0 cm³/mol. The minimum atomic E-state index is -0.417. The van der Waals surface area contributed by atoms with Gasteiger partial charge < -0.3 is 15.0 Å². The summed E-state index contributed by atoms with van der Waals surface area (Å²) in [6.07, 6.45) is 1.59. The van der Waals surface area contributed by atoms with Crippen molar-refractivity contribution in [1.29, 1.82) is 0 Å². The molecule has 2 saturated heterocycles. The topological polar surface area (TPSA) is 58.6 Å². The molecular weight excluding hydrogens is 232 g/mol. The molecule has 2 rings (SSSR count). The van der Waals surface area contributed by atoms with Gasteiger partial charge in [-0.1, -0.05) is 0 Å². The summed E-state index contributed by atoms with van der Waals surface area (Å²) in [7, 11) is 0. The molecule has 3 unspecified atom stereocenters. The highest BCUT2D eigenvalue weighted by Gasteiger charge is 2.42. The highest BCUT2D eigenvalue weighted by Crippen LogP contribution is 2.29. The van der Waals surface area contributed by atoms with Gasteiger partial charge in [-0.15, -0.1) is 0 Å². The van der Waals surface area contributed by atoms with Crippen molar-refractivity contribution < 1.29 is 14.3 Å². The number of nitrogens with zero attached hydrogens (tertiary/aromatic N) is 1. The van der Waals surface area contributed by atoms with E-state index in [0.717, 1.165) is 12.8 Å². The molecular formula is C13H22N2O3. The lowest BCUT2D eigenvalue weighted by Gasteiger charge is -2.46. The third-order valence-corrected chi connectivity index (χ3v) is 3.84. The van der Waals surface area contributed by atoms with Crippen molar-refractivity contribution in [3.8, 4) is 0 Å². The number of ether oxygens (including phenoxy) is 1. The van der Waals surface area contributed by atoms with E-state index in [1.165, 1.54) is 0 Å². The summed E-state index contributed by atoms with van der Waals surface area (Å²) in [6.45, 7) is 8.23. The van der Waals surface area contributed by atoms with Gasteiger partial charge in [-0.2, -0.15) is 0 Å². The number of nitrogens with one attached hydrogen (secondary N) is 1. The first kappa shape index (κ1) is 13.3. The molecule has 0 aliphatic carbocycles. The molecule has 2 heterocycles. The number of carbonyl (C=O) groups is 2. The van der Waals surface area contributed by atoms with Gasteiger partial charge in [0.25, 0.3) is 0 Å². The van der Waals surface area contributed by atoms with E-state index >= 15 is 0 Å². The Kier molecular flexibility index (Phi) is 3.36. The molecule has 1 N–H and O–H groups in total. The molecule has 0 aromatic heterocycles. The van der Waals surface area contributed by atoms with E-state index in [1.54, 1.807) is 18.7 Å². The van der Waals surface area contributed by atoms with Crippen LogP contribution in [0.3, 0.4) is 0 Å². The maximum Gasteiger partial charge on any atom is 0.245 e. The summed E-state index contributed by atoms with van der Waals surface area (Å²) >= 11 is 0. The Labute approximate surface area is 108 Å². The summed E-state index contributed by atoms with van der Waals surface area (Å²) in [5.41, 5.74) is -0.222. The van der Waals surface area contributed by atoms with Crippen molar-refractivity contribution in [1.82, 2.24) is 10.2 Å². The summed E-state index contributed by atoms with van der Waals surface area (Å²) in [6, 6.07) is -0.697. The van der Waals surface area contributed by atoms with Crippen LogP contribution in [0.25, 0.3) is 0 Å². The molecule has 3 atom stereocenters. The third-order valence-electron chi connectivity index (χ3n) is 3.84. The van der Waals surface area contributed by atoms with Crippen LogP contribution >= 0.6 is 0 Å². The largest absolute Gasteiger partial charge is 0.375 e. The van der Waals surface area contributed by atoms with Crippen molar-refractivity contribution in [3.63, 3.8) is 0 Å². The van der Waals surface area contributed by atoms with Gasteiger partial charge >= 0.3 is 0 Å². The van der Waals surface area contributed by atoms with E-state index in [-0.39, 0.29) is 29.5 Å². The van der Waals surface area contributed by atoms with E-state index in [9.17, 15) is 9.59 Å². The third kappa shape index (κ3) is 2.36. The smallest absolute Gasteiger partial charge is 0.245 e. The molecule has 0 spiro atoms. The van der Waals surface area contributed by atoms with Gasteiger partial charge in [0, 0.05) is 12.6 Å². The maximum atomic E-state index is 12.3. The molecule has 5 heteroatoms. The quantitative estimate of drug-likeness (QED) is 0.748. The summed E-state index contributed by atoms with van der Waals surface area (Å²) in [5.74, 6) is -0.0452. The van der Waals surface area contributed by atoms with Gasteiger partial charge in [0.15, 0.2) is 0 Å². The van der Waals surface area contributed by atoms with Crippen molar-refractivity contribution >= 4 is 11.8 Å². The van der Waals surface area contributed by atoms with Crippen molar-refractivity contribution in [2.45, 2.75) is 64.3 Å². The Morgan fingerprint density at radius 1 is 1.33 bits per heavy atom. The number of hydrogen-bond donors (Lipinski definition) is 1. The van der Waals surface area contributed by atoms with Gasteiger partial charge in [-0.05, 0) is 40.5 Å². The summed E-state index contributed by atoms with van der Waals surface area (Å²) in [5, 5.41) is 2.71. The first-order valence-corrected chi connectivity index (χ1v) is 6.58. The second kappa shape index (κ2) is 4.53. The van der Waals surface area contributed by atoms with Crippen LogP contribution in [0.15, 0.2) is 0 Å². The zero-order valence-electron chi connectivity index (χ0n) is 11.5. The Morgan fingerprint density at radius 2 is 2.00 bits per heavy atom. The fourth-order valence-electron chi connectivity index (χ4n) is 2.87. The van der Waals surface area contributed by atoms with E-state index in [1.807, 2.05) is 13.8 Å². The average molecular weight is 254 g/mol. The normalized spacial score (nSPS) is 36.4. The molecule has 18 heavy (non-hydrogen) atoms. The van der Waals surface area contributed by atoms with E-state index in [4.69, 9.17) is 4.74 Å². The fourth-order valence-corrected chi connectivity index (χ4v) is 2.87. The number of piperazine rings is 1. The SMILES string of the molecule is CC1NC(=O)C(C)N(C2CCOC(C)(C)C2)C1=O. The van der Waals surface area contributed by atoms with Crippen molar-refractivity contribution in [2.75, 3.05) is 6.61 Å². The Balaban J connectivity index is 2.19. The maximum absolute atomic E-state index is 12.3. The van der Waals surface area contributed by atoms with Crippen LogP contribution in [-0.2, 0) is 14.3 Å². The minimum absolute atomic E-state index is 0.0183. The predicted octanol–water partition coefficient (Wildman–Crippen LogP) is 0.679. The van der Waals surface area contributed by atoms with Crippen LogP contribution in [0.2, 0.25) is 0 Å². The first-order valence-electron chi connectivity index (χ1n) is 6.58. The van der Waals surface area contributed by atoms with Crippen LogP contribution in [0.5, 0.6) is 0 Å². The Morgan fingerprint density at radius 3 is 2.61 bits per heavy atom. The van der Waals surface area contributed by atoms with E-state index < -0.39 is 6.04 Å². The lowest BCUT2D eigenvalue weighted by Crippen LogP contribution is -2.65.